The maximum absolute atomic E-state index is 12.2. The Morgan fingerprint density at radius 3 is 2.22 bits per heavy atom. The third kappa shape index (κ3) is 5.82. The number of nitrogens with one attached hydrogen (secondary N) is 2. The fourth-order valence-corrected chi connectivity index (χ4v) is 3.23. The second-order valence-electron chi connectivity index (χ2n) is 6.72. The second kappa shape index (κ2) is 9.19. The highest BCUT2D eigenvalue weighted by Gasteiger charge is 2.17. The Labute approximate surface area is 160 Å². The maximum atomic E-state index is 12.2. The summed E-state index contributed by atoms with van der Waals surface area (Å²) in [6.45, 7) is 6.08. The number of amides is 2. The van der Waals surface area contributed by atoms with Crippen LogP contribution in [0.4, 0.5) is 17.1 Å². The molecule has 142 valence electrons. The number of rotatable bonds is 6. The SMILES string of the molecule is CC(=O)Nc1cccc(NC(=O)CCN2CCN(c3ccccc3)CC2)c1. The van der Waals surface area contributed by atoms with E-state index < -0.39 is 0 Å². The predicted molar refractivity (Wildman–Crippen MR) is 109 cm³/mol. The third-order valence-electron chi connectivity index (χ3n) is 4.62. The van der Waals surface area contributed by atoms with Crippen molar-refractivity contribution in [2.75, 3.05) is 48.3 Å². The lowest BCUT2D eigenvalue weighted by Gasteiger charge is -2.36. The zero-order valence-electron chi connectivity index (χ0n) is 15.6. The lowest BCUT2D eigenvalue weighted by molar-refractivity contribution is -0.116. The summed E-state index contributed by atoms with van der Waals surface area (Å²) in [7, 11) is 0. The van der Waals surface area contributed by atoms with Crippen LogP contribution in [0.2, 0.25) is 0 Å². The molecular weight excluding hydrogens is 340 g/mol. The third-order valence-corrected chi connectivity index (χ3v) is 4.62. The molecule has 1 fully saturated rings. The van der Waals surface area contributed by atoms with Gasteiger partial charge in [-0.05, 0) is 30.3 Å². The van der Waals surface area contributed by atoms with Gasteiger partial charge < -0.3 is 15.5 Å². The summed E-state index contributed by atoms with van der Waals surface area (Å²) in [5, 5.41) is 5.62. The van der Waals surface area contributed by atoms with Crippen molar-refractivity contribution < 1.29 is 9.59 Å². The number of benzene rings is 2. The van der Waals surface area contributed by atoms with Crippen molar-refractivity contribution in [3.05, 3.63) is 54.6 Å². The van der Waals surface area contributed by atoms with Crippen molar-refractivity contribution >= 4 is 28.9 Å². The summed E-state index contributed by atoms with van der Waals surface area (Å²) >= 11 is 0. The van der Waals surface area contributed by atoms with Gasteiger partial charge in [-0.1, -0.05) is 24.3 Å². The van der Waals surface area contributed by atoms with Crippen LogP contribution >= 0.6 is 0 Å². The number of hydrogen-bond donors (Lipinski definition) is 2. The molecule has 0 radical (unpaired) electrons. The minimum absolute atomic E-state index is 0.0135. The molecule has 1 aliphatic rings. The number of anilines is 3. The van der Waals surface area contributed by atoms with Crippen LogP contribution in [-0.4, -0.2) is 49.4 Å². The van der Waals surface area contributed by atoms with E-state index in [1.807, 2.05) is 18.2 Å². The van der Waals surface area contributed by atoms with E-state index in [9.17, 15) is 9.59 Å². The first kappa shape index (κ1) is 18.9. The van der Waals surface area contributed by atoms with Crippen molar-refractivity contribution in [3.8, 4) is 0 Å². The monoisotopic (exact) mass is 366 g/mol. The second-order valence-corrected chi connectivity index (χ2v) is 6.72. The Morgan fingerprint density at radius 1 is 0.889 bits per heavy atom. The topological polar surface area (TPSA) is 64.7 Å². The molecule has 0 bridgehead atoms. The largest absolute Gasteiger partial charge is 0.369 e. The molecule has 0 aliphatic carbocycles. The summed E-state index contributed by atoms with van der Waals surface area (Å²) in [6.07, 6.45) is 0.454. The molecule has 2 aromatic rings. The molecule has 0 saturated carbocycles. The minimum Gasteiger partial charge on any atom is -0.369 e. The normalized spacial score (nSPS) is 14.6. The van der Waals surface area contributed by atoms with Crippen LogP contribution in [0.5, 0.6) is 0 Å². The summed E-state index contributed by atoms with van der Waals surface area (Å²) < 4.78 is 0. The number of hydrogen-bond acceptors (Lipinski definition) is 4. The van der Waals surface area contributed by atoms with Gasteiger partial charge in [0.1, 0.15) is 0 Å². The molecule has 6 heteroatoms. The van der Waals surface area contributed by atoms with Gasteiger partial charge in [-0.3, -0.25) is 14.5 Å². The standard InChI is InChI=1S/C21H26N4O2/c1-17(26)22-18-6-5-7-19(16-18)23-21(27)10-11-24-12-14-25(15-13-24)20-8-3-2-4-9-20/h2-9,16H,10-15H2,1H3,(H,22,26)(H,23,27). The Hall–Kier alpha value is -2.86. The van der Waals surface area contributed by atoms with Gasteiger partial charge in [0.15, 0.2) is 0 Å². The van der Waals surface area contributed by atoms with E-state index in [4.69, 9.17) is 0 Å². The predicted octanol–water partition coefficient (Wildman–Crippen LogP) is 2.80. The van der Waals surface area contributed by atoms with Gasteiger partial charge in [-0.25, -0.2) is 0 Å². The molecule has 2 N–H and O–H groups in total. The first-order chi connectivity index (χ1) is 13.1. The molecule has 2 aromatic carbocycles. The van der Waals surface area contributed by atoms with Crippen LogP contribution in [0.25, 0.3) is 0 Å². The molecule has 27 heavy (non-hydrogen) atoms. The Balaban J connectivity index is 1.42. The van der Waals surface area contributed by atoms with Crippen molar-refractivity contribution in [2.45, 2.75) is 13.3 Å². The van der Waals surface area contributed by atoms with E-state index in [1.54, 1.807) is 12.1 Å². The summed E-state index contributed by atoms with van der Waals surface area (Å²) in [5.41, 5.74) is 2.63. The van der Waals surface area contributed by atoms with E-state index in [2.05, 4.69) is 44.7 Å². The Kier molecular flexibility index (Phi) is 6.44. The molecule has 0 spiro atoms. The fraction of sp³-hybridized carbons (Fsp3) is 0.333. The molecule has 1 heterocycles. The number of nitrogens with zero attached hydrogens (tertiary/aromatic N) is 2. The molecule has 3 rings (SSSR count). The van der Waals surface area contributed by atoms with Crippen molar-refractivity contribution in [3.63, 3.8) is 0 Å². The first-order valence-corrected chi connectivity index (χ1v) is 9.30. The molecule has 0 atom stereocenters. The number of piperazine rings is 1. The average Bonchev–Trinajstić information content (AvgIpc) is 2.67. The van der Waals surface area contributed by atoms with E-state index in [0.29, 0.717) is 17.8 Å². The van der Waals surface area contributed by atoms with Crippen LogP contribution in [-0.2, 0) is 9.59 Å². The van der Waals surface area contributed by atoms with Gasteiger partial charge in [0.05, 0.1) is 0 Å². The van der Waals surface area contributed by atoms with E-state index in [0.717, 1.165) is 32.7 Å². The van der Waals surface area contributed by atoms with Gasteiger partial charge in [0, 0.05) is 63.1 Å². The highest BCUT2D eigenvalue weighted by molar-refractivity contribution is 5.93. The maximum Gasteiger partial charge on any atom is 0.225 e. The first-order valence-electron chi connectivity index (χ1n) is 9.30. The Bertz CT molecular complexity index is 771. The zero-order valence-corrected chi connectivity index (χ0v) is 15.6. The van der Waals surface area contributed by atoms with Gasteiger partial charge in [-0.2, -0.15) is 0 Å². The van der Waals surface area contributed by atoms with E-state index in [-0.39, 0.29) is 11.8 Å². The average molecular weight is 366 g/mol. The molecule has 1 saturated heterocycles. The Morgan fingerprint density at radius 2 is 1.56 bits per heavy atom. The van der Waals surface area contributed by atoms with Crippen molar-refractivity contribution in [2.24, 2.45) is 0 Å². The lowest BCUT2D eigenvalue weighted by atomic mass is 10.2. The van der Waals surface area contributed by atoms with Crippen LogP contribution in [0.15, 0.2) is 54.6 Å². The quantitative estimate of drug-likeness (QED) is 0.825. The molecular formula is C21H26N4O2. The molecule has 1 aliphatic heterocycles. The number of carbonyl (C=O) groups excluding carboxylic acids is 2. The lowest BCUT2D eigenvalue weighted by Crippen LogP contribution is -2.47. The van der Waals surface area contributed by atoms with Gasteiger partial charge in [0.2, 0.25) is 11.8 Å². The van der Waals surface area contributed by atoms with Gasteiger partial charge in [-0.15, -0.1) is 0 Å². The van der Waals surface area contributed by atoms with Crippen molar-refractivity contribution in [1.82, 2.24) is 4.90 Å². The molecule has 2 amide bonds. The van der Waals surface area contributed by atoms with E-state index in [1.165, 1.54) is 12.6 Å². The van der Waals surface area contributed by atoms with Crippen LogP contribution < -0.4 is 15.5 Å². The summed E-state index contributed by atoms with van der Waals surface area (Å²) in [5.74, 6) is -0.145. The minimum atomic E-state index is -0.131. The van der Waals surface area contributed by atoms with E-state index >= 15 is 0 Å². The summed E-state index contributed by atoms with van der Waals surface area (Å²) in [4.78, 5) is 28.1. The molecule has 0 unspecified atom stereocenters. The number of carbonyl (C=O) groups is 2. The van der Waals surface area contributed by atoms with Crippen molar-refractivity contribution in [1.29, 1.82) is 0 Å². The van der Waals surface area contributed by atoms with Crippen LogP contribution in [0, 0.1) is 0 Å². The van der Waals surface area contributed by atoms with Crippen LogP contribution in [0.1, 0.15) is 13.3 Å². The molecule has 0 aromatic heterocycles. The van der Waals surface area contributed by atoms with Gasteiger partial charge >= 0.3 is 0 Å². The highest BCUT2D eigenvalue weighted by atomic mass is 16.2. The molecule has 6 nitrogen and oxygen atoms in total. The highest BCUT2D eigenvalue weighted by Crippen LogP contribution is 2.17. The number of para-hydroxylation sites is 1. The summed E-state index contributed by atoms with van der Waals surface area (Å²) in [6, 6.07) is 17.6. The zero-order chi connectivity index (χ0) is 19.1. The van der Waals surface area contributed by atoms with Crippen LogP contribution in [0.3, 0.4) is 0 Å². The fourth-order valence-electron chi connectivity index (χ4n) is 3.23. The van der Waals surface area contributed by atoms with Gasteiger partial charge in [0.25, 0.3) is 0 Å². The smallest absolute Gasteiger partial charge is 0.225 e.